The summed E-state index contributed by atoms with van der Waals surface area (Å²) < 4.78 is 124. The van der Waals surface area contributed by atoms with Gasteiger partial charge in [0.2, 0.25) is 0 Å². The Hall–Kier alpha value is -3.20. The van der Waals surface area contributed by atoms with E-state index in [0.29, 0.717) is 12.1 Å². The van der Waals surface area contributed by atoms with Gasteiger partial charge in [0.05, 0.1) is 15.5 Å². The summed E-state index contributed by atoms with van der Waals surface area (Å²) in [7, 11) is -19.5. The molecule has 0 bridgehead atoms. The van der Waals surface area contributed by atoms with E-state index in [2.05, 4.69) is 10.2 Å². The van der Waals surface area contributed by atoms with Crippen LogP contribution < -0.4 is 0 Å². The maximum Gasteiger partial charge on any atom is 0.296 e. The van der Waals surface area contributed by atoms with Crippen molar-refractivity contribution in [3.63, 3.8) is 0 Å². The summed E-state index contributed by atoms with van der Waals surface area (Å²) in [5.74, 6) is -2.29. The molecule has 0 atom stereocenters. The molecule has 3 rings (SSSR count). The number of azo groups is 1. The smallest absolute Gasteiger partial charge is 0.296 e. The SMILES string of the molecule is CCS(=O)(=O)c1ccc(O)c(/N=N/c2c(S(=O)(=O)O)cc3cc(S(=O)(=O)O)cc(S(=O)(=O)O)c3c2O)c1. The van der Waals surface area contributed by atoms with E-state index in [9.17, 15) is 57.5 Å². The number of benzene rings is 3. The van der Waals surface area contributed by atoms with E-state index < -0.39 is 88.5 Å². The third-order valence-corrected chi connectivity index (χ3v) is 9.19. The fraction of sp³-hybridized carbons (Fsp3) is 0.111. The van der Waals surface area contributed by atoms with E-state index in [1.807, 2.05) is 0 Å². The van der Waals surface area contributed by atoms with Crippen molar-refractivity contribution in [3.8, 4) is 11.5 Å². The number of nitrogens with zero attached hydrogens (tertiary/aromatic N) is 2. The highest BCUT2D eigenvalue weighted by Gasteiger charge is 2.28. The summed E-state index contributed by atoms with van der Waals surface area (Å²) in [6.07, 6.45) is 0. The Balaban J connectivity index is 2.44. The minimum absolute atomic E-state index is 0.270. The van der Waals surface area contributed by atoms with Crippen molar-refractivity contribution in [1.82, 2.24) is 0 Å². The van der Waals surface area contributed by atoms with Gasteiger partial charge in [-0.1, -0.05) is 6.92 Å². The summed E-state index contributed by atoms with van der Waals surface area (Å²) in [6, 6.07) is 4.14. The zero-order valence-corrected chi connectivity index (χ0v) is 21.5. The highest BCUT2D eigenvalue weighted by molar-refractivity contribution is 7.91. The van der Waals surface area contributed by atoms with E-state index in [4.69, 9.17) is 0 Å². The predicted octanol–water partition coefficient (Wildman–Crippen LogP) is 2.20. The molecule has 0 radical (unpaired) electrons. The predicted molar refractivity (Wildman–Crippen MR) is 125 cm³/mol. The molecule has 5 N–H and O–H groups in total. The quantitative estimate of drug-likeness (QED) is 0.194. The third-order valence-electron chi connectivity index (χ3n) is 4.88. The molecule has 3 aromatic rings. The lowest BCUT2D eigenvalue weighted by molar-refractivity contribution is 0.469. The van der Waals surface area contributed by atoms with Gasteiger partial charge in [-0.3, -0.25) is 13.7 Å². The molecule has 37 heavy (non-hydrogen) atoms. The Morgan fingerprint density at radius 2 is 1.30 bits per heavy atom. The molecule has 0 aliphatic rings. The Kier molecular flexibility index (Phi) is 7.11. The van der Waals surface area contributed by atoms with Crippen LogP contribution in [0, 0.1) is 0 Å². The second-order valence-corrected chi connectivity index (χ2v) is 13.8. The first-order valence-electron chi connectivity index (χ1n) is 9.51. The molecule has 0 aromatic heterocycles. The number of aromatic hydroxyl groups is 2. The van der Waals surface area contributed by atoms with Crippen molar-refractivity contribution in [2.45, 2.75) is 26.5 Å². The first-order valence-corrected chi connectivity index (χ1v) is 15.5. The number of phenols is 2. The van der Waals surface area contributed by atoms with Crippen LogP contribution in [-0.2, 0) is 40.2 Å². The number of phenolic OH excluding ortho intramolecular Hbond substituents is 2. The fourth-order valence-corrected chi connectivity index (χ4v) is 6.04. The van der Waals surface area contributed by atoms with Gasteiger partial charge in [-0.15, -0.1) is 10.2 Å². The van der Waals surface area contributed by atoms with E-state index >= 15 is 0 Å². The molecule has 0 unspecified atom stereocenters. The van der Waals surface area contributed by atoms with Gasteiger partial charge in [-0.05, 0) is 41.8 Å². The standard InChI is InChI=1S/C18H16N2O13S4/c1-2-34(23,24)10-3-4-13(21)12(7-10)19-20-17-15(37(31,32)33)6-9-5-11(35(25,26)27)8-14(36(28,29)30)16(9)18(17)22/h3-8,21-22H,2H2,1H3,(H,25,26,27)(H,28,29,30)(H,31,32,33)/b20-19+. The molecule has 0 saturated heterocycles. The van der Waals surface area contributed by atoms with Crippen LogP contribution in [0.2, 0.25) is 0 Å². The van der Waals surface area contributed by atoms with Gasteiger partial charge in [-0.2, -0.15) is 25.3 Å². The molecule has 0 spiro atoms. The third kappa shape index (κ3) is 5.71. The molecular formula is C18H16N2O13S4. The lowest BCUT2D eigenvalue weighted by Gasteiger charge is -2.12. The molecular weight excluding hydrogens is 580 g/mol. The minimum atomic E-state index is -5.33. The van der Waals surface area contributed by atoms with Gasteiger partial charge < -0.3 is 10.2 Å². The van der Waals surface area contributed by atoms with Gasteiger partial charge in [0.15, 0.2) is 15.6 Å². The van der Waals surface area contributed by atoms with E-state index in [-0.39, 0.29) is 16.7 Å². The molecule has 0 fully saturated rings. The van der Waals surface area contributed by atoms with Crippen molar-refractivity contribution in [3.05, 3.63) is 36.4 Å². The minimum Gasteiger partial charge on any atom is -0.506 e. The van der Waals surface area contributed by atoms with Crippen LogP contribution in [0.4, 0.5) is 11.4 Å². The zero-order valence-electron chi connectivity index (χ0n) is 18.2. The molecule has 15 nitrogen and oxygen atoms in total. The maximum atomic E-state index is 12.1. The lowest BCUT2D eigenvalue weighted by Crippen LogP contribution is -2.06. The molecule has 0 aliphatic heterocycles. The Bertz CT molecular complexity index is 1910. The molecule has 200 valence electrons. The number of hydrogen-bond donors (Lipinski definition) is 5. The van der Waals surface area contributed by atoms with Crippen molar-refractivity contribution >= 4 is 62.3 Å². The topological polar surface area (TPSA) is 262 Å². The second kappa shape index (κ2) is 9.28. The van der Waals surface area contributed by atoms with E-state index in [0.717, 1.165) is 18.2 Å². The first kappa shape index (κ1) is 28.4. The summed E-state index contributed by atoms with van der Waals surface area (Å²) in [6.45, 7) is 1.34. The average Bonchev–Trinajstić information content (AvgIpc) is 2.76. The number of rotatable bonds is 7. The van der Waals surface area contributed by atoms with Crippen LogP contribution in [-0.4, -0.2) is 63.3 Å². The number of hydrogen-bond acceptors (Lipinski definition) is 12. The Morgan fingerprint density at radius 3 is 1.81 bits per heavy atom. The highest BCUT2D eigenvalue weighted by atomic mass is 32.2. The van der Waals surface area contributed by atoms with Crippen LogP contribution in [0.15, 0.2) is 66.2 Å². The van der Waals surface area contributed by atoms with Gasteiger partial charge in [0.1, 0.15) is 26.9 Å². The van der Waals surface area contributed by atoms with Crippen molar-refractivity contribution < 1.29 is 57.5 Å². The molecule has 0 amide bonds. The number of sulfone groups is 1. The van der Waals surface area contributed by atoms with Crippen molar-refractivity contribution in [2.75, 3.05) is 5.75 Å². The summed E-state index contributed by atoms with van der Waals surface area (Å²) in [4.78, 5) is -3.92. The highest BCUT2D eigenvalue weighted by Crippen LogP contribution is 2.45. The molecule has 0 heterocycles. The summed E-state index contributed by atoms with van der Waals surface area (Å²) in [5.41, 5.74) is -1.66. The van der Waals surface area contributed by atoms with Gasteiger partial charge in [0.25, 0.3) is 30.4 Å². The fourth-order valence-electron chi connectivity index (χ4n) is 3.12. The largest absolute Gasteiger partial charge is 0.506 e. The van der Waals surface area contributed by atoms with Crippen LogP contribution in [0.25, 0.3) is 10.8 Å². The zero-order chi connectivity index (χ0) is 28.1. The van der Waals surface area contributed by atoms with Crippen LogP contribution in [0.5, 0.6) is 11.5 Å². The first-order chi connectivity index (χ1) is 16.8. The Labute approximate surface area is 209 Å². The van der Waals surface area contributed by atoms with Gasteiger partial charge >= 0.3 is 0 Å². The monoisotopic (exact) mass is 596 g/mol. The van der Waals surface area contributed by atoms with Crippen molar-refractivity contribution in [1.29, 1.82) is 0 Å². The lowest BCUT2D eigenvalue weighted by atomic mass is 10.1. The van der Waals surface area contributed by atoms with Gasteiger partial charge in [0, 0.05) is 5.39 Å². The second-order valence-electron chi connectivity index (χ2n) is 7.27. The summed E-state index contributed by atoms with van der Waals surface area (Å²) in [5, 5.41) is 26.1. The van der Waals surface area contributed by atoms with E-state index in [1.54, 1.807) is 0 Å². The molecule has 0 aliphatic carbocycles. The maximum absolute atomic E-state index is 12.1. The van der Waals surface area contributed by atoms with Crippen LogP contribution >= 0.6 is 0 Å². The van der Waals surface area contributed by atoms with Gasteiger partial charge in [-0.25, -0.2) is 8.42 Å². The average molecular weight is 597 g/mol. The van der Waals surface area contributed by atoms with Crippen LogP contribution in [0.1, 0.15) is 6.92 Å². The molecule has 0 saturated carbocycles. The molecule has 3 aromatic carbocycles. The number of fused-ring (bicyclic) bond motifs is 1. The summed E-state index contributed by atoms with van der Waals surface area (Å²) >= 11 is 0. The van der Waals surface area contributed by atoms with Crippen LogP contribution in [0.3, 0.4) is 0 Å². The molecule has 19 heteroatoms. The normalized spacial score (nSPS) is 13.4. The Morgan fingerprint density at radius 1 is 0.703 bits per heavy atom. The van der Waals surface area contributed by atoms with E-state index in [1.165, 1.54) is 6.92 Å². The van der Waals surface area contributed by atoms with Crippen molar-refractivity contribution in [2.24, 2.45) is 10.2 Å².